The number of benzene rings is 1. The number of hydrogen-bond donors (Lipinski definition) is 0. The Morgan fingerprint density at radius 3 is 2.53 bits per heavy atom. The first-order valence-corrected chi connectivity index (χ1v) is 7.11. The zero-order valence-corrected chi connectivity index (χ0v) is 12.0. The average Bonchev–Trinajstić information content (AvgIpc) is 2.70. The minimum absolute atomic E-state index is 0.318. The van der Waals surface area contributed by atoms with E-state index in [4.69, 9.17) is 16.3 Å². The molecule has 0 amide bonds. The summed E-state index contributed by atoms with van der Waals surface area (Å²) >= 11 is 6.28. The van der Waals surface area contributed by atoms with Gasteiger partial charge in [-0.05, 0) is 38.1 Å². The summed E-state index contributed by atoms with van der Waals surface area (Å²) in [6, 6.07) is 7.61. The van der Waals surface area contributed by atoms with E-state index in [1.54, 1.807) is 7.11 Å². The Morgan fingerprint density at radius 1 is 1.26 bits per heavy atom. The molecule has 0 aromatic heterocycles. The maximum absolute atomic E-state index is 9.56. The first-order valence-electron chi connectivity index (χ1n) is 6.74. The summed E-state index contributed by atoms with van der Waals surface area (Å²) in [5, 5.41) is 10.2. The zero-order valence-electron chi connectivity index (χ0n) is 11.2. The number of likely N-dealkylation sites (tertiary alicyclic amines) is 1. The summed E-state index contributed by atoms with van der Waals surface area (Å²) in [6.07, 6.45) is 4.78. The van der Waals surface area contributed by atoms with Crippen molar-refractivity contribution in [3.05, 3.63) is 28.8 Å². The van der Waals surface area contributed by atoms with Gasteiger partial charge in [0.2, 0.25) is 0 Å². The second kappa shape index (κ2) is 6.79. The molecule has 0 N–H and O–H groups in total. The first kappa shape index (κ1) is 14.2. The van der Waals surface area contributed by atoms with Crippen LogP contribution in [0.25, 0.3) is 0 Å². The summed E-state index contributed by atoms with van der Waals surface area (Å²) in [7, 11) is 1.62. The lowest BCUT2D eigenvalue weighted by Crippen LogP contribution is -2.29. The summed E-state index contributed by atoms with van der Waals surface area (Å²) in [5.74, 6) is 0.697. The van der Waals surface area contributed by atoms with Gasteiger partial charge in [-0.25, -0.2) is 0 Å². The van der Waals surface area contributed by atoms with Gasteiger partial charge in [-0.3, -0.25) is 4.90 Å². The van der Waals surface area contributed by atoms with E-state index in [2.05, 4.69) is 11.0 Å². The first-order chi connectivity index (χ1) is 9.27. The second-order valence-corrected chi connectivity index (χ2v) is 5.24. The Morgan fingerprint density at radius 2 is 1.95 bits per heavy atom. The molecule has 0 spiro atoms. The van der Waals surface area contributed by atoms with Gasteiger partial charge in [0.1, 0.15) is 11.8 Å². The summed E-state index contributed by atoms with van der Waals surface area (Å²) in [5.41, 5.74) is 0.802. The molecule has 0 aliphatic carbocycles. The Kier molecular flexibility index (Phi) is 5.07. The lowest BCUT2D eigenvalue weighted by molar-refractivity contribution is 0.241. The van der Waals surface area contributed by atoms with Crippen molar-refractivity contribution in [1.82, 2.24) is 4.90 Å². The van der Waals surface area contributed by atoms with Crippen molar-refractivity contribution in [3.8, 4) is 11.8 Å². The van der Waals surface area contributed by atoms with E-state index in [1.807, 2.05) is 18.2 Å². The average molecular weight is 279 g/mol. The number of rotatable bonds is 3. The number of methoxy groups -OCH3 is 1. The molecule has 102 valence electrons. The van der Waals surface area contributed by atoms with Gasteiger partial charge < -0.3 is 4.74 Å². The number of halogens is 1. The third-order valence-electron chi connectivity index (χ3n) is 3.63. The molecule has 1 atom stereocenters. The van der Waals surface area contributed by atoms with Crippen LogP contribution in [0.15, 0.2) is 18.2 Å². The maximum Gasteiger partial charge on any atom is 0.128 e. The van der Waals surface area contributed by atoms with Crippen LogP contribution < -0.4 is 4.74 Å². The lowest BCUT2D eigenvalue weighted by atomic mass is 10.0. The van der Waals surface area contributed by atoms with Crippen LogP contribution in [0.2, 0.25) is 5.02 Å². The van der Waals surface area contributed by atoms with Crippen LogP contribution in [0.3, 0.4) is 0 Å². The van der Waals surface area contributed by atoms with Crippen molar-refractivity contribution in [3.63, 3.8) is 0 Å². The Labute approximate surface area is 119 Å². The molecule has 2 rings (SSSR count). The van der Waals surface area contributed by atoms with Crippen molar-refractivity contribution in [1.29, 1.82) is 5.26 Å². The van der Waals surface area contributed by atoms with Gasteiger partial charge in [0, 0.05) is 5.56 Å². The molecule has 19 heavy (non-hydrogen) atoms. The van der Waals surface area contributed by atoms with Gasteiger partial charge in [0.25, 0.3) is 0 Å². The Hall–Kier alpha value is -1.24. The molecule has 1 aliphatic heterocycles. The molecule has 3 nitrogen and oxygen atoms in total. The van der Waals surface area contributed by atoms with Crippen molar-refractivity contribution < 1.29 is 4.74 Å². The fraction of sp³-hybridized carbons (Fsp3) is 0.533. The number of ether oxygens (including phenoxy) is 1. The van der Waals surface area contributed by atoms with Gasteiger partial charge in [0.05, 0.1) is 18.2 Å². The highest BCUT2D eigenvalue weighted by molar-refractivity contribution is 6.31. The van der Waals surface area contributed by atoms with Crippen molar-refractivity contribution in [2.24, 2.45) is 0 Å². The van der Waals surface area contributed by atoms with E-state index >= 15 is 0 Å². The standard InChI is InChI=1S/C15H19ClN2O/c1-19-14-8-6-7-12(16)15(14)13(11-17)18-9-4-2-3-5-10-18/h6-8,13H,2-5,9-10H2,1H3. The van der Waals surface area contributed by atoms with E-state index < -0.39 is 0 Å². The smallest absolute Gasteiger partial charge is 0.128 e. The van der Waals surface area contributed by atoms with Gasteiger partial charge in [-0.15, -0.1) is 0 Å². The molecule has 0 radical (unpaired) electrons. The third-order valence-corrected chi connectivity index (χ3v) is 3.96. The quantitative estimate of drug-likeness (QED) is 0.844. The monoisotopic (exact) mass is 278 g/mol. The number of hydrogen-bond acceptors (Lipinski definition) is 3. The highest BCUT2D eigenvalue weighted by atomic mass is 35.5. The molecule has 0 bridgehead atoms. The van der Waals surface area contributed by atoms with Crippen LogP contribution in [0.4, 0.5) is 0 Å². The third kappa shape index (κ3) is 3.20. The van der Waals surface area contributed by atoms with E-state index in [0.717, 1.165) is 31.5 Å². The van der Waals surface area contributed by atoms with Crippen molar-refractivity contribution in [2.75, 3.05) is 20.2 Å². The molecule has 1 heterocycles. The fourth-order valence-electron chi connectivity index (χ4n) is 2.64. The molecule has 1 aromatic carbocycles. The summed E-state index contributed by atoms with van der Waals surface area (Å²) in [6.45, 7) is 1.90. The van der Waals surface area contributed by atoms with Crippen LogP contribution in [0.5, 0.6) is 5.75 Å². The van der Waals surface area contributed by atoms with Crippen LogP contribution in [-0.2, 0) is 0 Å². The molecule has 4 heteroatoms. The largest absolute Gasteiger partial charge is 0.496 e. The van der Waals surface area contributed by atoms with Crippen molar-refractivity contribution >= 4 is 11.6 Å². The second-order valence-electron chi connectivity index (χ2n) is 4.84. The highest BCUT2D eigenvalue weighted by Gasteiger charge is 2.26. The van der Waals surface area contributed by atoms with E-state index in [-0.39, 0.29) is 6.04 Å². The van der Waals surface area contributed by atoms with E-state index in [0.29, 0.717) is 10.8 Å². The predicted octanol–water partition coefficient (Wildman–Crippen LogP) is 3.79. The zero-order chi connectivity index (χ0) is 13.7. The molecule has 1 saturated heterocycles. The number of nitrogens with zero attached hydrogens (tertiary/aromatic N) is 2. The molecule has 1 aromatic rings. The van der Waals surface area contributed by atoms with Gasteiger partial charge in [0.15, 0.2) is 0 Å². The summed E-state index contributed by atoms with van der Waals surface area (Å²) < 4.78 is 5.37. The Bertz CT molecular complexity index is 462. The highest BCUT2D eigenvalue weighted by Crippen LogP contribution is 2.35. The molecular formula is C15H19ClN2O. The number of nitriles is 1. The molecular weight excluding hydrogens is 260 g/mol. The van der Waals surface area contributed by atoms with Crippen LogP contribution >= 0.6 is 11.6 Å². The predicted molar refractivity (Wildman–Crippen MR) is 76.4 cm³/mol. The van der Waals surface area contributed by atoms with E-state index in [9.17, 15) is 5.26 Å². The van der Waals surface area contributed by atoms with Gasteiger partial charge in [-0.1, -0.05) is 30.5 Å². The van der Waals surface area contributed by atoms with Crippen LogP contribution in [0, 0.1) is 11.3 Å². The van der Waals surface area contributed by atoms with Gasteiger partial charge in [-0.2, -0.15) is 5.26 Å². The molecule has 1 unspecified atom stereocenters. The minimum Gasteiger partial charge on any atom is -0.496 e. The van der Waals surface area contributed by atoms with Crippen LogP contribution in [0.1, 0.15) is 37.3 Å². The van der Waals surface area contributed by atoms with E-state index in [1.165, 1.54) is 12.8 Å². The Balaban J connectivity index is 2.33. The normalized spacial score (nSPS) is 18.4. The molecule has 1 fully saturated rings. The SMILES string of the molecule is COc1cccc(Cl)c1C(C#N)N1CCCCCC1. The topological polar surface area (TPSA) is 36.3 Å². The lowest BCUT2D eigenvalue weighted by Gasteiger charge is -2.27. The molecule has 1 aliphatic rings. The minimum atomic E-state index is -0.318. The summed E-state index contributed by atoms with van der Waals surface area (Å²) in [4.78, 5) is 2.22. The molecule has 0 saturated carbocycles. The fourth-order valence-corrected chi connectivity index (χ4v) is 2.91. The maximum atomic E-state index is 9.56. The van der Waals surface area contributed by atoms with Gasteiger partial charge >= 0.3 is 0 Å². The van der Waals surface area contributed by atoms with Crippen LogP contribution in [-0.4, -0.2) is 25.1 Å². The van der Waals surface area contributed by atoms with Crippen molar-refractivity contribution in [2.45, 2.75) is 31.7 Å².